The molecule has 0 bridgehead atoms. The number of nitrogens with zero attached hydrogens (tertiary/aromatic N) is 1. The number of hydrogen-bond donors (Lipinski definition) is 1. The summed E-state index contributed by atoms with van der Waals surface area (Å²) in [6.45, 7) is 3.17. The van der Waals surface area contributed by atoms with Gasteiger partial charge < -0.3 is 15.0 Å². The third-order valence-corrected chi connectivity index (χ3v) is 4.40. The maximum atomic E-state index is 12.0. The van der Waals surface area contributed by atoms with Crippen molar-refractivity contribution in [2.24, 2.45) is 0 Å². The third kappa shape index (κ3) is 5.03. The summed E-state index contributed by atoms with van der Waals surface area (Å²) in [4.78, 5) is 13.8. The fraction of sp³-hybridized carbons (Fsp3) is 0.350. The Kier molecular flexibility index (Phi) is 6.01. The van der Waals surface area contributed by atoms with Crippen molar-refractivity contribution in [1.29, 1.82) is 0 Å². The van der Waals surface area contributed by atoms with Gasteiger partial charge in [0, 0.05) is 19.6 Å². The van der Waals surface area contributed by atoms with E-state index in [4.69, 9.17) is 4.74 Å². The van der Waals surface area contributed by atoms with Crippen LogP contribution >= 0.6 is 0 Å². The Balaban J connectivity index is 0.000000219. The summed E-state index contributed by atoms with van der Waals surface area (Å²) < 4.78 is 17.4. The summed E-state index contributed by atoms with van der Waals surface area (Å²) >= 11 is 0. The van der Waals surface area contributed by atoms with E-state index >= 15 is 0 Å². The number of nitrogens with one attached hydrogen (secondary N) is 1. The Hall–Kier alpha value is -2.40. The summed E-state index contributed by atoms with van der Waals surface area (Å²) in [5.74, 6) is -0.178. The molecule has 0 radical (unpaired) electrons. The fourth-order valence-electron chi connectivity index (χ4n) is 3.01. The summed E-state index contributed by atoms with van der Waals surface area (Å²) in [6.07, 6.45) is 1.73. The number of benzene rings is 2. The molecular formula is C20H23FN2O2. The fourth-order valence-corrected chi connectivity index (χ4v) is 3.01. The van der Waals surface area contributed by atoms with Crippen LogP contribution in [0.4, 0.5) is 9.18 Å². The molecule has 1 fully saturated rings. The van der Waals surface area contributed by atoms with E-state index in [0.29, 0.717) is 6.54 Å². The Morgan fingerprint density at radius 2 is 1.80 bits per heavy atom. The van der Waals surface area contributed by atoms with Gasteiger partial charge in [-0.25, -0.2) is 9.18 Å². The number of fused-ring (bicyclic) bond motifs is 1. The second-order valence-corrected chi connectivity index (χ2v) is 6.23. The molecule has 0 spiro atoms. The van der Waals surface area contributed by atoms with Crippen LogP contribution in [0.3, 0.4) is 0 Å². The number of halogens is 1. The first-order chi connectivity index (χ1) is 12.2. The predicted molar refractivity (Wildman–Crippen MR) is 94.7 cm³/mol. The molecule has 4 rings (SSSR count). The Labute approximate surface area is 147 Å². The normalized spacial score (nSPS) is 18.8. The summed E-state index contributed by atoms with van der Waals surface area (Å²) in [5, 5.41) is 3.20. The number of carbonyl (C=O) groups is 1. The lowest BCUT2D eigenvalue weighted by Crippen LogP contribution is -2.38. The Morgan fingerprint density at radius 1 is 1.08 bits per heavy atom. The average molecular weight is 342 g/mol. The molecule has 2 aliphatic rings. The molecule has 1 atom stereocenters. The van der Waals surface area contributed by atoms with E-state index in [-0.39, 0.29) is 18.0 Å². The van der Waals surface area contributed by atoms with E-state index in [1.807, 2.05) is 6.07 Å². The lowest BCUT2D eigenvalue weighted by molar-refractivity contribution is 0.0667. The molecule has 1 unspecified atom stereocenters. The number of rotatable bonds is 1. The zero-order chi connectivity index (χ0) is 17.5. The first-order valence-electron chi connectivity index (χ1n) is 8.66. The lowest BCUT2D eigenvalue weighted by Gasteiger charge is -2.29. The van der Waals surface area contributed by atoms with Crippen molar-refractivity contribution in [2.45, 2.75) is 25.5 Å². The Morgan fingerprint density at radius 3 is 2.44 bits per heavy atom. The number of amides is 1. The standard InChI is InChI=1S/C14H18N2O2.C6H5F/c17-14(18-13-5-7-15-9-13)16-8-6-11-3-1-2-4-12(11)10-16;7-6-4-2-1-3-5-6/h1-4,13,15H,5-10H2;1-5H. The van der Waals surface area contributed by atoms with Crippen molar-refractivity contribution in [3.8, 4) is 0 Å². The smallest absolute Gasteiger partial charge is 0.410 e. The van der Waals surface area contributed by atoms with Crippen LogP contribution in [0.2, 0.25) is 0 Å². The largest absolute Gasteiger partial charge is 0.445 e. The van der Waals surface area contributed by atoms with Crippen molar-refractivity contribution < 1.29 is 13.9 Å². The van der Waals surface area contributed by atoms with Gasteiger partial charge in [0.2, 0.25) is 0 Å². The van der Waals surface area contributed by atoms with Gasteiger partial charge in [-0.05, 0) is 42.6 Å². The van der Waals surface area contributed by atoms with Crippen molar-refractivity contribution >= 4 is 6.09 Å². The molecule has 25 heavy (non-hydrogen) atoms. The van der Waals surface area contributed by atoms with Gasteiger partial charge in [-0.2, -0.15) is 0 Å². The second-order valence-electron chi connectivity index (χ2n) is 6.23. The lowest BCUT2D eigenvalue weighted by atomic mass is 10.0. The molecule has 2 aromatic carbocycles. The van der Waals surface area contributed by atoms with E-state index < -0.39 is 0 Å². The van der Waals surface area contributed by atoms with Crippen molar-refractivity contribution in [3.05, 3.63) is 71.5 Å². The maximum absolute atomic E-state index is 12.0. The second kappa shape index (κ2) is 8.62. The van der Waals surface area contributed by atoms with Gasteiger partial charge in [0.05, 0.1) is 0 Å². The molecule has 2 aromatic rings. The van der Waals surface area contributed by atoms with Crippen LogP contribution in [0.25, 0.3) is 0 Å². The molecule has 1 amide bonds. The number of carbonyl (C=O) groups excluding carboxylic acids is 1. The van der Waals surface area contributed by atoms with Crippen LogP contribution in [0, 0.1) is 5.82 Å². The van der Waals surface area contributed by atoms with Gasteiger partial charge >= 0.3 is 6.09 Å². The van der Waals surface area contributed by atoms with E-state index in [9.17, 15) is 9.18 Å². The third-order valence-electron chi connectivity index (χ3n) is 4.40. The van der Waals surface area contributed by atoms with Gasteiger partial charge in [-0.15, -0.1) is 0 Å². The monoisotopic (exact) mass is 342 g/mol. The van der Waals surface area contributed by atoms with Gasteiger partial charge in [0.25, 0.3) is 0 Å². The highest BCUT2D eigenvalue weighted by molar-refractivity contribution is 5.68. The average Bonchev–Trinajstić information content (AvgIpc) is 3.15. The van der Waals surface area contributed by atoms with Crippen LogP contribution in [0.15, 0.2) is 54.6 Å². The van der Waals surface area contributed by atoms with Crippen LogP contribution in [0.5, 0.6) is 0 Å². The molecule has 5 heteroatoms. The van der Waals surface area contributed by atoms with Gasteiger partial charge in [-0.3, -0.25) is 0 Å². The minimum Gasteiger partial charge on any atom is -0.445 e. The van der Waals surface area contributed by atoms with Crippen molar-refractivity contribution in [3.63, 3.8) is 0 Å². The zero-order valence-corrected chi connectivity index (χ0v) is 14.2. The number of ether oxygens (including phenoxy) is 1. The van der Waals surface area contributed by atoms with Crippen LogP contribution < -0.4 is 5.32 Å². The first-order valence-corrected chi connectivity index (χ1v) is 8.66. The summed E-state index contributed by atoms with van der Waals surface area (Å²) in [6, 6.07) is 16.2. The van der Waals surface area contributed by atoms with Crippen LogP contribution in [-0.2, 0) is 17.7 Å². The quantitative estimate of drug-likeness (QED) is 0.864. The molecule has 0 aromatic heterocycles. The molecule has 1 saturated heterocycles. The summed E-state index contributed by atoms with van der Waals surface area (Å²) in [7, 11) is 0. The van der Waals surface area contributed by atoms with Crippen LogP contribution in [0.1, 0.15) is 17.5 Å². The van der Waals surface area contributed by atoms with E-state index in [0.717, 1.165) is 32.5 Å². The molecule has 1 N–H and O–H groups in total. The summed E-state index contributed by atoms with van der Waals surface area (Å²) in [5.41, 5.74) is 2.59. The molecular weight excluding hydrogens is 319 g/mol. The molecule has 0 saturated carbocycles. The highest BCUT2D eigenvalue weighted by Crippen LogP contribution is 2.19. The molecule has 4 nitrogen and oxygen atoms in total. The van der Waals surface area contributed by atoms with Gasteiger partial charge in [0.15, 0.2) is 0 Å². The minimum absolute atomic E-state index is 0.0506. The van der Waals surface area contributed by atoms with E-state index in [1.165, 1.54) is 23.3 Å². The molecule has 2 heterocycles. The van der Waals surface area contributed by atoms with E-state index in [1.54, 1.807) is 23.1 Å². The first kappa shape index (κ1) is 17.4. The molecule has 2 aliphatic heterocycles. The predicted octanol–water partition coefficient (Wildman–Crippen LogP) is 3.37. The topological polar surface area (TPSA) is 41.6 Å². The highest BCUT2D eigenvalue weighted by atomic mass is 19.1. The van der Waals surface area contributed by atoms with Crippen molar-refractivity contribution in [1.82, 2.24) is 10.2 Å². The SMILES string of the molecule is Fc1ccccc1.O=C(OC1CCNC1)N1CCc2ccccc2C1. The zero-order valence-electron chi connectivity index (χ0n) is 14.2. The van der Waals surface area contributed by atoms with Crippen LogP contribution in [-0.4, -0.2) is 36.7 Å². The van der Waals surface area contributed by atoms with E-state index in [2.05, 4.69) is 23.5 Å². The molecule has 0 aliphatic carbocycles. The van der Waals surface area contributed by atoms with Gasteiger partial charge in [-0.1, -0.05) is 42.5 Å². The number of hydrogen-bond acceptors (Lipinski definition) is 3. The van der Waals surface area contributed by atoms with Crippen molar-refractivity contribution in [2.75, 3.05) is 19.6 Å². The van der Waals surface area contributed by atoms with Gasteiger partial charge in [0.1, 0.15) is 11.9 Å². The maximum Gasteiger partial charge on any atom is 0.410 e. The highest BCUT2D eigenvalue weighted by Gasteiger charge is 2.25. The molecule has 132 valence electrons. The Bertz CT molecular complexity index is 687. The minimum atomic E-state index is -0.178.